The minimum atomic E-state index is -4.38. The summed E-state index contributed by atoms with van der Waals surface area (Å²) in [6, 6.07) is 12.9. The average Bonchev–Trinajstić information content (AvgIpc) is 3.28. The molecule has 2 aromatic carbocycles. The van der Waals surface area contributed by atoms with Crippen LogP contribution in [0, 0.1) is 0 Å². The second-order valence-electron chi connectivity index (χ2n) is 8.74. The Balaban J connectivity index is 1.26. The van der Waals surface area contributed by atoms with Crippen molar-refractivity contribution >= 4 is 17.3 Å². The Morgan fingerprint density at radius 3 is 2.27 bits per heavy atom. The predicted molar refractivity (Wildman–Crippen MR) is 123 cm³/mol. The SMILES string of the molecule is [O-][S+](c1ccc(-c2cccc(C(F)(F)F)c2)cc1)N1CCN=C1N1CCN(C2CCC2)CC1. The van der Waals surface area contributed by atoms with Crippen LogP contribution in [0.15, 0.2) is 58.4 Å². The lowest BCUT2D eigenvalue weighted by molar-refractivity contribution is -0.137. The number of piperazine rings is 1. The molecule has 0 aromatic heterocycles. The molecule has 5 nitrogen and oxygen atoms in total. The second-order valence-corrected chi connectivity index (χ2v) is 10.2. The van der Waals surface area contributed by atoms with Crippen LogP contribution >= 0.6 is 0 Å². The zero-order valence-corrected chi connectivity index (χ0v) is 19.1. The highest BCUT2D eigenvalue weighted by molar-refractivity contribution is 7.89. The first-order valence-corrected chi connectivity index (χ1v) is 12.5. The van der Waals surface area contributed by atoms with E-state index in [0.717, 1.165) is 50.3 Å². The molecule has 176 valence electrons. The van der Waals surface area contributed by atoms with Gasteiger partial charge in [-0.05, 0) is 60.4 Å². The van der Waals surface area contributed by atoms with Crippen LogP contribution in [-0.2, 0) is 17.5 Å². The van der Waals surface area contributed by atoms with E-state index < -0.39 is 23.1 Å². The Morgan fingerprint density at radius 1 is 0.909 bits per heavy atom. The number of aliphatic imine (C=N–C) groups is 1. The summed E-state index contributed by atoms with van der Waals surface area (Å²) in [5.41, 5.74) is 0.460. The van der Waals surface area contributed by atoms with Crippen molar-refractivity contribution in [2.75, 3.05) is 39.3 Å². The summed E-state index contributed by atoms with van der Waals surface area (Å²) in [5.74, 6) is 0.795. The van der Waals surface area contributed by atoms with Gasteiger partial charge in [-0.1, -0.05) is 18.6 Å². The monoisotopic (exact) mass is 476 g/mol. The van der Waals surface area contributed by atoms with Gasteiger partial charge in [0.1, 0.15) is 11.4 Å². The lowest BCUT2D eigenvalue weighted by atomic mass is 9.91. The summed E-state index contributed by atoms with van der Waals surface area (Å²) in [7, 11) is 0. The Bertz CT molecular complexity index is 1000. The highest BCUT2D eigenvalue weighted by Gasteiger charge is 2.36. The molecule has 9 heteroatoms. The second kappa shape index (κ2) is 9.19. The minimum absolute atomic E-state index is 0.481. The summed E-state index contributed by atoms with van der Waals surface area (Å²) in [4.78, 5) is 10.1. The molecular formula is C24H27F3N4OS. The first kappa shape index (κ1) is 22.6. The van der Waals surface area contributed by atoms with E-state index in [0.29, 0.717) is 29.1 Å². The van der Waals surface area contributed by atoms with Gasteiger partial charge < -0.3 is 9.45 Å². The molecule has 5 rings (SSSR count). The minimum Gasteiger partial charge on any atom is -0.588 e. The third-order valence-corrected chi connectivity index (χ3v) is 8.17. The van der Waals surface area contributed by atoms with E-state index in [2.05, 4.69) is 14.8 Å². The Hall–Kier alpha value is -2.23. The largest absolute Gasteiger partial charge is 0.588 e. The number of hydrogen-bond donors (Lipinski definition) is 0. The van der Waals surface area contributed by atoms with Crippen molar-refractivity contribution in [3.05, 3.63) is 54.1 Å². The summed E-state index contributed by atoms with van der Waals surface area (Å²) < 4.78 is 54.3. The first-order chi connectivity index (χ1) is 15.9. The molecule has 0 radical (unpaired) electrons. The van der Waals surface area contributed by atoms with Crippen LogP contribution in [0.4, 0.5) is 13.2 Å². The van der Waals surface area contributed by atoms with Gasteiger partial charge in [0, 0.05) is 32.2 Å². The van der Waals surface area contributed by atoms with Gasteiger partial charge in [-0.2, -0.15) is 17.5 Å². The third kappa shape index (κ3) is 4.72. The quantitative estimate of drug-likeness (QED) is 0.620. The fourth-order valence-electron chi connectivity index (χ4n) is 4.64. The number of rotatable bonds is 4. The number of halogens is 3. The molecule has 0 spiro atoms. The first-order valence-electron chi connectivity index (χ1n) is 11.4. The topological polar surface area (TPSA) is 45.1 Å². The molecule has 2 aliphatic heterocycles. The number of guanidine groups is 1. The summed E-state index contributed by atoms with van der Waals surface area (Å²) in [6.07, 6.45) is -0.454. The van der Waals surface area contributed by atoms with Crippen molar-refractivity contribution in [1.29, 1.82) is 0 Å². The zero-order valence-electron chi connectivity index (χ0n) is 18.3. The normalized spacial score (nSPS) is 21.2. The third-order valence-electron chi connectivity index (χ3n) is 6.75. The maximum atomic E-state index is 13.3. The van der Waals surface area contributed by atoms with Crippen LogP contribution < -0.4 is 0 Å². The van der Waals surface area contributed by atoms with E-state index in [1.54, 1.807) is 30.3 Å². The van der Waals surface area contributed by atoms with Gasteiger partial charge in [0.25, 0.3) is 0 Å². The lowest BCUT2D eigenvalue weighted by Crippen LogP contribution is -2.56. The Kier molecular flexibility index (Phi) is 6.28. The van der Waals surface area contributed by atoms with Crippen LogP contribution in [0.5, 0.6) is 0 Å². The average molecular weight is 477 g/mol. The highest BCUT2D eigenvalue weighted by atomic mass is 32.2. The maximum Gasteiger partial charge on any atom is 0.416 e. The molecule has 2 fully saturated rings. The van der Waals surface area contributed by atoms with E-state index in [4.69, 9.17) is 0 Å². The number of nitrogens with zero attached hydrogens (tertiary/aromatic N) is 4. The molecule has 1 aliphatic carbocycles. The van der Waals surface area contributed by atoms with E-state index in [1.807, 2.05) is 4.31 Å². The molecule has 0 bridgehead atoms. The fourth-order valence-corrected chi connectivity index (χ4v) is 5.83. The molecule has 2 heterocycles. The van der Waals surface area contributed by atoms with Crippen LogP contribution in [0.3, 0.4) is 0 Å². The lowest BCUT2D eigenvalue weighted by Gasteiger charge is -2.43. The van der Waals surface area contributed by atoms with Gasteiger partial charge in [-0.15, -0.1) is 0 Å². The summed E-state index contributed by atoms with van der Waals surface area (Å²) >= 11 is -1.41. The number of alkyl halides is 3. The molecular weight excluding hydrogens is 449 g/mol. The van der Waals surface area contributed by atoms with Crippen LogP contribution in [0.1, 0.15) is 24.8 Å². The fraction of sp³-hybridized carbons (Fsp3) is 0.458. The van der Waals surface area contributed by atoms with Gasteiger partial charge in [-0.25, -0.2) is 4.99 Å². The van der Waals surface area contributed by atoms with Crippen LogP contribution in [-0.4, -0.2) is 69.9 Å². The molecule has 2 aromatic rings. The van der Waals surface area contributed by atoms with Gasteiger partial charge in [0.2, 0.25) is 5.96 Å². The maximum absolute atomic E-state index is 13.3. The highest BCUT2D eigenvalue weighted by Crippen LogP contribution is 2.33. The summed E-state index contributed by atoms with van der Waals surface area (Å²) in [6.45, 7) is 5.01. The van der Waals surface area contributed by atoms with Gasteiger partial charge in [0.15, 0.2) is 4.90 Å². The van der Waals surface area contributed by atoms with Crippen LogP contribution in [0.2, 0.25) is 0 Å². The van der Waals surface area contributed by atoms with Crippen molar-refractivity contribution in [3.63, 3.8) is 0 Å². The van der Waals surface area contributed by atoms with E-state index in [-0.39, 0.29) is 0 Å². The van der Waals surface area contributed by atoms with Gasteiger partial charge in [0.05, 0.1) is 18.7 Å². The van der Waals surface area contributed by atoms with Gasteiger partial charge in [-0.3, -0.25) is 4.90 Å². The summed E-state index contributed by atoms with van der Waals surface area (Å²) in [5, 5.41) is 0. The molecule has 33 heavy (non-hydrogen) atoms. The van der Waals surface area contributed by atoms with Crippen molar-refractivity contribution in [2.24, 2.45) is 4.99 Å². The zero-order chi connectivity index (χ0) is 23.0. The predicted octanol–water partition coefficient (Wildman–Crippen LogP) is 4.24. The number of benzene rings is 2. The smallest absolute Gasteiger partial charge is 0.416 e. The van der Waals surface area contributed by atoms with Gasteiger partial charge >= 0.3 is 6.18 Å². The molecule has 3 aliphatic rings. The Labute approximate surface area is 195 Å². The van der Waals surface area contributed by atoms with E-state index >= 15 is 0 Å². The Morgan fingerprint density at radius 2 is 1.64 bits per heavy atom. The van der Waals surface area contributed by atoms with Crippen LogP contribution in [0.25, 0.3) is 11.1 Å². The molecule has 1 unspecified atom stereocenters. The molecule has 0 amide bonds. The van der Waals surface area contributed by atoms with Crippen molar-refractivity contribution < 1.29 is 17.7 Å². The van der Waals surface area contributed by atoms with Crippen molar-refractivity contribution in [3.8, 4) is 11.1 Å². The molecule has 0 N–H and O–H groups in total. The molecule has 1 atom stereocenters. The number of hydrogen-bond acceptors (Lipinski definition) is 5. The van der Waals surface area contributed by atoms with Crippen molar-refractivity contribution in [2.45, 2.75) is 36.4 Å². The standard InChI is InChI=1S/C24H27F3N4OS/c25-24(26,27)20-4-1-3-19(17-20)18-7-9-22(10-8-18)33(32)31-12-11-28-23(31)30-15-13-29(14-16-30)21-5-2-6-21/h1,3-4,7-10,17,21H,2,5-6,11-16H2. The molecule has 1 saturated heterocycles. The van der Waals surface area contributed by atoms with Crippen molar-refractivity contribution in [1.82, 2.24) is 14.1 Å². The van der Waals surface area contributed by atoms with E-state index in [1.165, 1.54) is 25.3 Å². The van der Waals surface area contributed by atoms with E-state index in [9.17, 15) is 17.7 Å². The molecule has 1 saturated carbocycles.